The van der Waals surface area contributed by atoms with E-state index in [1.54, 1.807) is 50.2 Å². The number of fused-ring (bicyclic) bond motifs is 1. The lowest BCUT2D eigenvalue weighted by molar-refractivity contribution is 0.0734. The van der Waals surface area contributed by atoms with Gasteiger partial charge in [-0.2, -0.15) is 0 Å². The van der Waals surface area contributed by atoms with Crippen molar-refractivity contribution in [3.63, 3.8) is 0 Å². The molecule has 3 rings (SSSR count). The molecule has 0 atom stereocenters. The Bertz CT molecular complexity index is 831. The third-order valence-electron chi connectivity index (χ3n) is 3.36. The Morgan fingerprint density at radius 1 is 1.09 bits per heavy atom. The largest absolute Gasteiger partial charge is 0.452 e. The normalized spacial score (nSPS) is 12.7. The number of ether oxygens (including phenoxy) is 2. The molecule has 0 radical (unpaired) electrons. The highest BCUT2D eigenvalue weighted by Crippen LogP contribution is 2.35. The third-order valence-corrected chi connectivity index (χ3v) is 3.61. The number of Topliss-reactive ketones (excluding diaryl/α,β-unsaturated/α-hetero) is 1. The molecule has 5 heteroatoms. The number of rotatable bonds is 2. The lowest BCUT2D eigenvalue weighted by Gasteiger charge is -2.06. The topological polar surface area (TPSA) is 52.6 Å². The van der Waals surface area contributed by atoms with E-state index in [1.165, 1.54) is 6.07 Å². The smallest absolute Gasteiger partial charge is 0.343 e. The van der Waals surface area contributed by atoms with Crippen molar-refractivity contribution in [1.82, 2.24) is 0 Å². The van der Waals surface area contributed by atoms with Crippen LogP contribution in [0.2, 0.25) is 5.02 Å². The minimum Gasteiger partial charge on any atom is -0.452 e. The van der Waals surface area contributed by atoms with Gasteiger partial charge >= 0.3 is 5.97 Å². The number of esters is 1. The second kappa shape index (κ2) is 5.89. The summed E-state index contributed by atoms with van der Waals surface area (Å²) < 4.78 is 10.9. The SMILES string of the molecule is CC(C)=C1Oc2cc(OC(=O)c3ccc(Cl)cc3)ccc2C1=O. The van der Waals surface area contributed by atoms with Crippen LogP contribution in [0.4, 0.5) is 0 Å². The monoisotopic (exact) mass is 328 g/mol. The van der Waals surface area contributed by atoms with Crippen LogP contribution in [-0.4, -0.2) is 11.8 Å². The third kappa shape index (κ3) is 2.98. The molecule has 0 spiro atoms. The summed E-state index contributed by atoms with van der Waals surface area (Å²) in [5.74, 6) is 0.365. The second-order valence-corrected chi connectivity index (χ2v) is 5.75. The molecular weight excluding hydrogens is 316 g/mol. The number of halogens is 1. The predicted molar refractivity (Wildman–Crippen MR) is 86.2 cm³/mol. The molecule has 2 aromatic carbocycles. The molecule has 4 nitrogen and oxygen atoms in total. The zero-order valence-corrected chi connectivity index (χ0v) is 13.3. The molecule has 2 aromatic rings. The molecule has 0 N–H and O–H groups in total. The van der Waals surface area contributed by atoms with Crippen LogP contribution in [0.5, 0.6) is 11.5 Å². The van der Waals surface area contributed by atoms with E-state index in [-0.39, 0.29) is 5.78 Å². The van der Waals surface area contributed by atoms with Gasteiger partial charge in [-0.05, 0) is 55.8 Å². The fourth-order valence-corrected chi connectivity index (χ4v) is 2.32. The Labute approximate surface area is 138 Å². The van der Waals surface area contributed by atoms with E-state index < -0.39 is 5.97 Å². The molecule has 0 saturated carbocycles. The van der Waals surface area contributed by atoms with Gasteiger partial charge in [0.1, 0.15) is 11.5 Å². The zero-order valence-electron chi connectivity index (χ0n) is 12.6. The Balaban J connectivity index is 1.83. The van der Waals surface area contributed by atoms with Gasteiger partial charge in [0.25, 0.3) is 0 Å². The lowest BCUT2D eigenvalue weighted by atomic mass is 10.1. The molecule has 0 unspecified atom stereocenters. The van der Waals surface area contributed by atoms with Crippen molar-refractivity contribution >= 4 is 23.4 Å². The number of hydrogen-bond acceptors (Lipinski definition) is 4. The minimum atomic E-state index is -0.506. The first kappa shape index (κ1) is 15.3. The summed E-state index contributed by atoms with van der Waals surface area (Å²) in [6.07, 6.45) is 0. The van der Waals surface area contributed by atoms with Crippen LogP contribution >= 0.6 is 11.6 Å². The van der Waals surface area contributed by atoms with Crippen LogP contribution in [0.3, 0.4) is 0 Å². The van der Waals surface area contributed by atoms with Gasteiger partial charge in [-0.15, -0.1) is 0 Å². The maximum atomic E-state index is 12.1. The van der Waals surface area contributed by atoms with E-state index >= 15 is 0 Å². The predicted octanol–water partition coefficient (Wildman–Crippen LogP) is 4.43. The number of benzene rings is 2. The second-order valence-electron chi connectivity index (χ2n) is 5.31. The molecule has 1 heterocycles. The van der Waals surface area contributed by atoms with Crippen LogP contribution < -0.4 is 9.47 Å². The fraction of sp³-hybridized carbons (Fsp3) is 0.111. The Kier molecular flexibility index (Phi) is 3.92. The molecule has 1 aliphatic heterocycles. The van der Waals surface area contributed by atoms with Crippen LogP contribution in [0.25, 0.3) is 0 Å². The van der Waals surface area contributed by atoms with Crippen molar-refractivity contribution in [2.45, 2.75) is 13.8 Å². The molecular formula is C18H13ClO4. The first-order valence-corrected chi connectivity index (χ1v) is 7.35. The number of ketones is 1. The Morgan fingerprint density at radius 2 is 1.78 bits per heavy atom. The summed E-state index contributed by atoms with van der Waals surface area (Å²) in [5, 5.41) is 0.542. The van der Waals surface area contributed by atoms with E-state index in [0.29, 0.717) is 33.4 Å². The molecule has 0 saturated heterocycles. The molecule has 116 valence electrons. The van der Waals surface area contributed by atoms with E-state index in [1.807, 2.05) is 0 Å². The lowest BCUT2D eigenvalue weighted by Crippen LogP contribution is -2.08. The highest BCUT2D eigenvalue weighted by Gasteiger charge is 2.28. The summed E-state index contributed by atoms with van der Waals surface area (Å²) in [6.45, 7) is 3.61. The number of carbonyl (C=O) groups excluding carboxylic acids is 2. The van der Waals surface area contributed by atoms with Gasteiger partial charge in [0.15, 0.2) is 5.76 Å². The molecule has 0 aromatic heterocycles. The average molecular weight is 329 g/mol. The molecule has 0 fully saturated rings. The Morgan fingerprint density at radius 3 is 2.43 bits per heavy atom. The van der Waals surface area contributed by atoms with Gasteiger partial charge in [-0.25, -0.2) is 4.79 Å². The first-order chi connectivity index (χ1) is 11.0. The van der Waals surface area contributed by atoms with Crippen LogP contribution in [0.15, 0.2) is 53.8 Å². The minimum absolute atomic E-state index is 0.157. The van der Waals surface area contributed by atoms with Crippen molar-refractivity contribution in [2.75, 3.05) is 0 Å². The summed E-state index contributed by atoms with van der Waals surface area (Å²) in [4.78, 5) is 24.2. The van der Waals surface area contributed by atoms with E-state index in [0.717, 1.165) is 5.57 Å². The highest BCUT2D eigenvalue weighted by atomic mass is 35.5. The Hall–Kier alpha value is -2.59. The van der Waals surface area contributed by atoms with Crippen LogP contribution in [0.1, 0.15) is 34.6 Å². The highest BCUT2D eigenvalue weighted by molar-refractivity contribution is 6.30. The summed E-state index contributed by atoms with van der Waals surface area (Å²) in [7, 11) is 0. The van der Waals surface area contributed by atoms with Gasteiger partial charge < -0.3 is 9.47 Å². The number of hydrogen-bond donors (Lipinski definition) is 0. The number of carbonyl (C=O) groups is 2. The quantitative estimate of drug-likeness (QED) is 0.465. The van der Waals surface area contributed by atoms with Gasteiger partial charge in [-0.1, -0.05) is 11.6 Å². The summed E-state index contributed by atoms with van der Waals surface area (Å²) >= 11 is 5.79. The van der Waals surface area contributed by atoms with Crippen molar-refractivity contribution in [1.29, 1.82) is 0 Å². The van der Waals surface area contributed by atoms with Crippen molar-refractivity contribution in [3.05, 3.63) is 69.9 Å². The van der Waals surface area contributed by atoms with E-state index in [4.69, 9.17) is 21.1 Å². The number of allylic oxidation sites excluding steroid dienone is 2. The van der Waals surface area contributed by atoms with Crippen molar-refractivity contribution in [2.24, 2.45) is 0 Å². The molecule has 0 amide bonds. The fourth-order valence-electron chi connectivity index (χ4n) is 2.20. The zero-order chi connectivity index (χ0) is 16.6. The van der Waals surface area contributed by atoms with Crippen molar-refractivity contribution in [3.8, 4) is 11.5 Å². The first-order valence-electron chi connectivity index (χ1n) is 6.97. The van der Waals surface area contributed by atoms with Gasteiger partial charge in [0.05, 0.1) is 11.1 Å². The van der Waals surface area contributed by atoms with E-state index in [9.17, 15) is 9.59 Å². The van der Waals surface area contributed by atoms with E-state index in [2.05, 4.69) is 0 Å². The molecule has 23 heavy (non-hydrogen) atoms. The van der Waals surface area contributed by atoms with Gasteiger partial charge in [0, 0.05) is 11.1 Å². The van der Waals surface area contributed by atoms with Crippen LogP contribution in [0, 0.1) is 0 Å². The van der Waals surface area contributed by atoms with Gasteiger partial charge in [-0.3, -0.25) is 4.79 Å². The maximum Gasteiger partial charge on any atom is 0.343 e. The summed E-state index contributed by atoms with van der Waals surface area (Å²) in [6, 6.07) is 11.1. The molecule has 0 aliphatic carbocycles. The summed E-state index contributed by atoms with van der Waals surface area (Å²) in [5.41, 5.74) is 1.65. The molecule has 1 aliphatic rings. The average Bonchev–Trinajstić information content (AvgIpc) is 2.84. The maximum absolute atomic E-state index is 12.1. The van der Waals surface area contributed by atoms with Crippen LogP contribution in [-0.2, 0) is 0 Å². The standard InChI is InChI=1S/C18H13ClO4/c1-10(2)17-16(20)14-8-7-13(9-15(14)23-17)22-18(21)11-3-5-12(19)6-4-11/h3-9H,1-2H3. The van der Waals surface area contributed by atoms with Gasteiger partial charge in [0.2, 0.25) is 5.78 Å². The molecule has 0 bridgehead atoms. The van der Waals surface area contributed by atoms with Crippen molar-refractivity contribution < 1.29 is 19.1 Å².